The van der Waals surface area contributed by atoms with Crippen LogP contribution in [-0.2, 0) is 0 Å². The van der Waals surface area contributed by atoms with E-state index in [-0.39, 0.29) is 17.2 Å². The van der Waals surface area contributed by atoms with E-state index in [1.165, 1.54) is 0 Å². The largest absolute Gasteiger partial charge is 0.396 e. The second-order valence-electron chi connectivity index (χ2n) is 4.79. The van der Waals surface area contributed by atoms with Crippen LogP contribution in [0.15, 0.2) is 12.1 Å². The zero-order valence-corrected chi connectivity index (χ0v) is 10.8. The van der Waals surface area contributed by atoms with Gasteiger partial charge in [-0.3, -0.25) is 4.79 Å². The first-order chi connectivity index (χ1) is 8.32. The van der Waals surface area contributed by atoms with Crippen molar-refractivity contribution < 1.29 is 13.6 Å². The summed E-state index contributed by atoms with van der Waals surface area (Å²) in [5.74, 6) is -1.61. The molecule has 18 heavy (non-hydrogen) atoms. The smallest absolute Gasteiger partial charge is 0.254 e. The first-order valence-corrected chi connectivity index (χ1v) is 5.85. The van der Waals surface area contributed by atoms with Gasteiger partial charge in [-0.25, -0.2) is 8.78 Å². The molecule has 0 saturated carbocycles. The summed E-state index contributed by atoms with van der Waals surface area (Å²) in [7, 11) is 0. The number of hydrogen-bond acceptors (Lipinski definition) is 2. The predicted molar refractivity (Wildman–Crippen MR) is 67.1 cm³/mol. The number of nitrogens with two attached hydrogens (primary N) is 1. The van der Waals surface area contributed by atoms with Gasteiger partial charge in [0.2, 0.25) is 0 Å². The molecule has 0 radical (unpaired) electrons. The average Bonchev–Trinajstić information content (AvgIpc) is 2.29. The third kappa shape index (κ3) is 3.42. The Bertz CT molecular complexity index is 447. The summed E-state index contributed by atoms with van der Waals surface area (Å²) in [5.41, 5.74) is 4.55. The summed E-state index contributed by atoms with van der Waals surface area (Å²) in [6.07, 6.45) is 0. The van der Waals surface area contributed by atoms with E-state index < -0.39 is 17.5 Å². The fourth-order valence-corrected chi connectivity index (χ4v) is 1.36. The molecule has 3 nitrogen and oxygen atoms in total. The maximum absolute atomic E-state index is 13.6. The van der Waals surface area contributed by atoms with Crippen molar-refractivity contribution in [2.75, 3.05) is 12.3 Å². The second kappa shape index (κ2) is 5.80. The monoisotopic (exact) mass is 256 g/mol. The van der Waals surface area contributed by atoms with Gasteiger partial charge in [0, 0.05) is 6.54 Å². The Hall–Kier alpha value is -1.65. The Labute approximate surface area is 105 Å². The summed E-state index contributed by atoms with van der Waals surface area (Å²) in [4.78, 5) is 11.7. The molecule has 0 bridgehead atoms. The zero-order valence-electron chi connectivity index (χ0n) is 10.8. The average molecular weight is 256 g/mol. The summed E-state index contributed by atoms with van der Waals surface area (Å²) in [5, 5.41) is 2.57. The van der Waals surface area contributed by atoms with Crippen LogP contribution in [0.4, 0.5) is 14.5 Å². The number of anilines is 1. The highest BCUT2D eigenvalue weighted by Crippen LogP contribution is 2.17. The normalized spacial score (nSPS) is 12.6. The van der Waals surface area contributed by atoms with Gasteiger partial charge in [-0.1, -0.05) is 20.8 Å². The van der Waals surface area contributed by atoms with Crippen LogP contribution in [0.5, 0.6) is 0 Å². The highest BCUT2D eigenvalue weighted by atomic mass is 19.1. The molecule has 0 heterocycles. The van der Waals surface area contributed by atoms with Gasteiger partial charge in [-0.05, 0) is 24.0 Å². The zero-order chi connectivity index (χ0) is 13.9. The van der Waals surface area contributed by atoms with E-state index in [4.69, 9.17) is 5.73 Å². The van der Waals surface area contributed by atoms with E-state index in [0.29, 0.717) is 12.5 Å². The van der Waals surface area contributed by atoms with Gasteiger partial charge >= 0.3 is 0 Å². The number of carbonyl (C=O) groups is 1. The quantitative estimate of drug-likeness (QED) is 0.813. The molecule has 0 aromatic heterocycles. The minimum atomic E-state index is -0.883. The van der Waals surface area contributed by atoms with Crippen molar-refractivity contribution in [1.82, 2.24) is 5.32 Å². The molecule has 0 aliphatic rings. The topological polar surface area (TPSA) is 55.1 Å². The Morgan fingerprint density at radius 1 is 1.33 bits per heavy atom. The third-order valence-electron chi connectivity index (χ3n) is 3.03. The molecule has 0 aliphatic carbocycles. The fraction of sp³-hybridized carbons (Fsp3) is 0.462. The van der Waals surface area contributed by atoms with Crippen LogP contribution in [0.1, 0.15) is 31.1 Å². The van der Waals surface area contributed by atoms with Gasteiger partial charge in [-0.15, -0.1) is 0 Å². The fourth-order valence-electron chi connectivity index (χ4n) is 1.36. The first kappa shape index (κ1) is 14.4. The summed E-state index contributed by atoms with van der Waals surface area (Å²) >= 11 is 0. The molecule has 100 valence electrons. The van der Waals surface area contributed by atoms with Crippen molar-refractivity contribution in [2.45, 2.75) is 20.8 Å². The van der Waals surface area contributed by atoms with E-state index >= 15 is 0 Å². The van der Waals surface area contributed by atoms with E-state index in [0.717, 1.165) is 12.1 Å². The molecule has 0 fully saturated rings. The van der Waals surface area contributed by atoms with Crippen molar-refractivity contribution in [2.24, 2.45) is 11.8 Å². The summed E-state index contributed by atoms with van der Waals surface area (Å²) < 4.78 is 26.6. The van der Waals surface area contributed by atoms with Crippen LogP contribution >= 0.6 is 0 Å². The van der Waals surface area contributed by atoms with Crippen molar-refractivity contribution >= 4 is 11.6 Å². The molecule has 0 saturated heterocycles. The number of nitrogen functional groups attached to an aromatic ring is 1. The number of carbonyl (C=O) groups excluding carboxylic acids is 1. The van der Waals surface area contributed by atoms with Crippen molar-refractivity contribution in [1.29, 1.82) is 0 Å². The van der Waals surface area contributed by atoms with Crippen LogP contribution in [0.3, 0.4) is 0 Å². The lowest BCUT2D eigenvalue weighted by molar-refractivity contribution is 0.0940. The summed E-state index contributed by atoms with van der Waals surface area (Å²) in [6, 6.07) is 1.70. The van der Waals surface area contributed by atoms with E-state index in [1.54, 1.807) is 0 Å². The van der Waals surface area contributed by atoms with Gasteiger partial charge in [0.25, 0.3) is 5.91 Å². The Balaban J connectivity index is 2.79. The number of hydrogen-bond donors (Lipinski definition) is 2. The molecule has 1 aromatic carbocycles. The Kier molecular flexibility index (Phi) is 4.64. The van der Waals surface area contributed by atoms with Gasteiger partial charge in [0.05, 0.1) is 11.3 Å². The van der Waals surface area contributed by atoms with E-state index in [1.807, 2.05) is 20.8 Å². The van der Waals surface area contributed by atoms with Crippen molar-refractivity contribution in [3.8, 4) is 0 Å². The number of rotatable bonds is 4. The van der Waals surface area contributed by atoms with Crippen molar-refractivity contribution in [3.63, 3.8) is 0 Å². The van der Waals surface area contributed by atoms with Gasteiger partial charge < -0.3 is 11.1 Å². The van der Waals surface area contributed by atoms with Crippen LogP contribution in [-0.4, -0.2) is 12.5 Å². The lowest BCUT2D eigenvalue weighted by Gasteiger charge is -2.16. The molecule has 1 atom stereocenters. The van der Waals surface area contributed by atoms with E-state index in [9.17, 15) is 13.6 Å². The molecule has 1 rings (SSSR count). The maximum atomic E-state index is 13.6. The van der Waals surface area contributed by atoms with Crippen LogP contribution < -0.4 is 11.1 Å². The molecule has 3 N–H and O–H groups in total. The van der Waals surface area contributed by atoms with Crippen LogP contribution in [0.25, 0.3) is 0 Å². The summed E-state index contributed by atoms with van der Waals surface area (Å²) in [6.45, 7) is 6.43. The lowest BCUT2D eigenvalue weighted by Crippen LogP contribution is -2.31. The third-order valence-corrected chi connectivity index (χ3v) is 3.03. The van der Waals surface area contributed by atoms with Gasteiger partial charge in [0.1, 0.15) is 5.82 Å². The molecule has 1 aromatic rings. The molecular weight excluding hydrogens is 238 g/mol. The van der Waals surface area contributed by atoms with E-state index in [2.05, 4.69) is 5.32 Å². The standard InChI is InChI=1S/C13H18F2N2O/c1-7(2)8(3)6-17-13(18)10-4-9(14)5-11(16)12(10)15/h4-5,7-8H,6,16H2,1-3H3,(H,17,18). The highest BCUT2D eigenvalue weighted by Gasteiger charge is 2.17. The Morgan fingerprint density at radius 3 is 2.50 bits per heavy atom. The molecule has 0 aliphatic heterocycles. The molecular formula is C13H18F2N2O. The molecule has 1 amide bonds. The molecule has 5 heteroatoms. The highest BCUT2D eigenvalue weighted by molar-refractivity contribution is 5.95. The number of amides is 1. The van der Waals surface area contributed by atoms with Crippen LogP contribution in [0, 0.1) is 23.5 Å². The SMILES string of the molecule is CC(C)C(C)CNC(=O)c1cc(F)cc(N)c1F. The second-order valence-corrected chi connectivity index (χ2v) is 4.79. The number of nitrogens with one attached hydrogen (secondary N) is 1. The first-order valence-electron chi connectivity index (χ1n) is 5.85. The van der Waals surface area contributed by atoms with Crippen LogP contribution in [0.2, 0.25) is 0 Å². The van der Waals surface area contributed by atoms with Gasteiger partial charge in [0.15, 0.2) is 5.82 Å². The molecule has 1 unspecified atom stereocenters. The minimum absolute atomic E-state index is 0.253. The lowest BCUT2D eigenvalue weighted by atomic mass is 9.98. The number of benzene rings is 1. The predicted octanol–water partition coefficient (Wildman–Crippen LogP) is 2.57. The maximum Gasteiger partial charge on any atom is 0.254 e. The van der Waals surface area contributed by atoms with Gasteiger partial charge in [-0.2, -0.15) is 0 Å². The minimum Gasteiger partial charge on any atom is -0.396 e. The molecule has 0 spiro atoms. The number of halogens is 2. The van der Waals surface area contributed by atoms with Crippen molar-refractivity contribution in [3.05, 3.63) is 29.3 Å². The Morgan fingerprint density at radius 2 is 1.94 bits per heavy atom.